The number of ether oxygens (including phenoxy) is 3. The van der Waals surface area contributed by atoms with Crippen LogP contribution in [0.4, 0.5) is 5.69 Å². The fraction of sp³-hybridized carbons (Fsp3) is 0.500. The Kier molecular flexibility index (Phi) is 7.40. The zero-order valence-corrected chi connectivity index (χ0v) is 24.3. The zero-order chi connectivity index (χ0) is 28.8. The number of carbonyl (C=O) groups excluding carboxylic acids is 2. The van der Waals surface area contributed by atoms with Crippen molar-refractivity contribution < 1.29 is 23.8 Å². The smallest absolute Gasteiger partial charge is 0.253 e. The fourth-order valence-corrected chi connectivity index (χ4v) is 5.91. The largest absolute Gasteiger partial charge is 0.366 e. The molecule has 2 amide bonds. The van der Waals surface area contributed by atoms with E-state index >= 15 is 0 Å². The lowest BCUT2D eigenvalue weighted by Crippen LogP contribution is -2.53. The van der Waals surface area contributed by atoms with Crippen LogP contribution in [0.15, 0.2) is 60.8 Å². The maximum Gasteiger partial charge on any atom is 0.253 e. The first-order chi connectivity index (χ1) is 19.6. The molecule has 3 atom stereocenters. The van der Waals surface area contributed by atoms with E-state index in [0.717, 1.165) is 35.0 Å². The van der Waals surface area contributed by atoms with Gasteiger partial charge in [-0.3, -0.25) is 14.5 Å². The monoisotopic (exact) mass is 560 g/mol. The number of benzene rings is 2. The third-order valence-corrected chi connectivity index (χ3v) is 7.80. The maximum absolute atomic E-state index is 13.9. The SMILES string of the molecule is CC(C)(C)O[C@@]1(C)OC1N1CCOC(C(=O)N(Cc2cn(CC(=O)Nc3ccccc3)c3ccccc23)C2CC2)C1. The summed E-state index contributed by atoms with van der Waals surface area (Å²) < 4.78 is 20.1. The highest BCUT2D eigenvalue weighted by molar-refractivity contribution is 5.92. The summed E-state index contributed by atoms with van der Waals surface area (Å²) in [7, 11) is 0. The number of aromatic nitrogens is 1. The van der Waals surface area contributed by atoms with Crippen molar-refractivity contribution in [2.24, 2.45) is 0 Å². The minimum absolute atomic E-state index is 0.00921. The van der Waals surface area contributed by atoms with Gasteiger partial charge in [-0.2, -0.15) is 0 Å². The number of epoxide rings is 1. The first-order valence-corrected chi connectivity index (χ1v) is 14.6. The first-order valence-electron chi connectivity index (χ1n) is 14.6. The van der Waals surface area contributed by atoms with Crippen LogP contribution in [0.1, 0.15) is 46.1 Å². The van der Waals surface area contributed by atoms with Gasteiger partial charge in [0.05, 0.1) is 12.2 Å². The molecule has 218 valence electrons. The molecule has 2 unspecified atom stereocenters. The van der Waals surface area contributed by atoms with E-state index in [2.05, 4.69) is 16.3 Å². The number of fused-ring (bicyclic) bond motifs is 1. The zero-order valence-electron chi connectivity index (χ0n) is 24.3. The van der Waals surface area contributed by atoms with Gasteiger partial charge in [0, 0.05) is 48.5 Å². The standard InChI is InChI=1S/C32H40N4O5/c1-31(2,3)41-32(4)30(40-32)34-16-17-39-27(20-34)29(38)36(24-14-15-24)19-22-18-35(26-13-9-8-12-25(22)26)21-28(37)33-23-10-6-5-7-11-23/h5-13,18,24,27,30H,14-17,19-21H2,1-4H3,(H,33,37)/t27?,30?,32-/m1/s1. The Labute approximate surface area is 241 Å². The van der Waals surface area contributed by atoms with Gasteiger partial charge in [-0.1, -0.05) is 36.4 Å². The highest BCUT2D eigenvalue weighted by Crippen LogP contribution is 2.43. The lowest BCUT2D eigenvalue weighted by molar-refractivity contribution is -0.152. The molecular weight excluding hydrogens is 520 g/mol. The average molecular weight is 561 g/mol. The van der Waals surface area contributed by atoms with E-state index in [0.29, 0.717) is 26.2 Å². The van der Waals surface area contributed by atoms with E-state index in [-0.39, 0.29) is 36.2 Å². The van der Waals surface area contributed by atoms with E-state index in [4.69, 9.17) is 14.2 Å². The van der Waals surface area contributed by atoms with Crippen LogP contribution >= 0.6 is 0 Å². The molecule has 6 rings (SSSR count). The summed E-state index contributed by atoms with van der Waals surface area (Å²) in [5.74, 6) is -0.762. The van der Waals surface area contributed by atoms with Gasteiger partial charge in [0.25, 0.3) is 5.91 Å². The normalized spacial score (nSPS) is 24.8. The molecule has 1 saturated carbocycles. The molecule has 1 aromatic heterocycles. The molecule has 41 heavy (non-hydrogen) atoms. The van der Waals surface area contributed by atoms with Gasteiger partial charge < -0.3 is 29.0 Å². The van der Waals surface area contributed by atoms with Crippen LogP contribution in [0.5, 0.6) is 0 Å². The number of rotatable bonds is 9. The van der Waals surface area contributed by atoms with Crippen LogP contribution in [0, 0.1) is 0 Å². The Balaban J connectivity index is 1.16. The van der Waals surface area contributed by atoms with Crippen LogP contribution in [-0.2, 0) is 36.9 Å². The van der Waals surface area contributed by atoms with Gasteiger partial charge in [0.2, 0.25) is 11.7 Å². The molecule has 2 saturated heterocycles. The third-order valence-electron chi connectivity index (χ3n) is 7.80. The summed E-state index contributed by atoms with van der Waals surface area (Å²) in [6.45, 7) is 10.3. The molecule has 3 heterocycles. The molecule has 1 aliphatic carbocycles. The molecule has 2 aliphatic heterocycles. The average Bonchev–Trinajstić information content (AvgIpc) is 3.86. The quantitative estimate of drug-likeness (QED) is 0.392. The Bertz CT molecular complexity index is 1410. The second-order valence-electron chi connectivity index (χ2n) is 12.5. The van der Waals surface area contributed by atoms with Crippen LogP contribution in [0.3, 0.4) is 0 Å². The number of para-hydroxylation sites is 2. The predicted octanol–water partition coefficient (Wildman–Crippen LogP) is 4.36. The van der Waals surface area contributed by atoms with E-state index in [1.165, 1.54) is 0 Å². The number of nitrogens with one attached hydrogen (secondary N) is 1. The summed E-state index contributed by atoms with van der Waals surface area (Å²) in [5, 5.41) is 4.01. The van der Waals surface area contributed by atoms with E-state index in [9.17, 15) is 9.59 Å². The van der Waals surface area contributed by atoms with E-state index in [1.807, 2.05) is 91.9 Å². The lowest BCUT2D eigenvalue weighted by atomic mass is 10.1. The Morgan fingerprint density at radius 3 is 2.56 bits per heavy atom. The van der Waals surface area contributed by atoms with Gasteiger partial charge in [-0.15, -0.1) is 0 Å². The van der Waals surface area contributed by atoms with Crippen molar-refractivity contribution in [1.82, 2.24) is 14.4 Å². The first kappa shape index (κ1) is 27.9. The molecule has 9 heteroatoms. The number of morpholine rings is 1. The van der Waals surface area contributed by atoms with Crippen molar-refractivity contribution in [2.75, 3.05) is 25.0 Å². The third kappa shape index (κ3) is 6.33. The lowest BCUT2D eigenvalue weighted by Gasteiger charge is -2.35. The van der Waals surface area contributed by atoms with Crippen LogP contribution in [0.2, 0.25) is 0 Å². The predicted molar refractivity (Wildman–Crippen MR) is 156 cm³/mol. The van der Waals surface area contributed by atoms with Crippen LogP contribution < -0.4 is 5.32 Å². The molecule has 0 radical (unpaired) electrons. The topological polar surface area (TPSA) is 88.6 Å². The van der Waals surface area contributed by atoms with Gasteiger partial charge in [-0.25, -0.2) is 0 Å². The number of anilines is 1. The number of nitrogens with zero attached hydrogens (tertiary/aromatic N) is 3. The number of hydrogen-bond donors (Lipinski definition) is 1. The van der Waals surface area contributed by atoms with E-state index in [1.54, 1.807) is 0 Å². The second-order valence-corrected chi connectivity index (χ2v) is 12.5. The molecule has 9 nitrogen and oxygen atoms in total. The van der Waals surface area contributed by atoms with Crippen molar-refractivity contribution in [3.8, 4) is 0 Å². The minimum Gasteiger partial charge on any atom is -0.366 e. The summed E-state index contributed by atoms with van der Waals surface area (Å²) >= 11 is 0. The highest BCUT2D eigenvalue weighted by Gasteiger charge is 2.60. The molecule has 2 aromatic carbocycles. The van der Waals surface area contributed by atoms with E-state index < -0.39 is 11.9 Å². The van der Waals surface area contributed by atoms with Crippen LogP contribution in [0.25, 0.3) is 10.9 Å². The molecule has 1 N–H and O–H groups in total. The van der Waals surface area contributed by atoms with Crippen molar-refractivity contribution in [1.29, 1.82) is 0 Å². The summed E-state index contributed by atoms with van der Waals surface area (Å²) in [5.41, 5.74) is 2.44. The highest BCUT2D eigenvalue weighted by atomic mass is 16.8. The number of hydrogen-bond acceptors (Lipinski definition) is 6. The fourth-order valence-electron chi connectivity index (χ4n) is 5.91. The van der Waals surface area contributed by atoms with Crippen molar-refractivity contribution >= 4 is 28.4 Å². The second kappa shape index (κ2) is 10.9. The van der Waals surface area contributed by atoms with Crippen LogP contribution in [-0.4, -0.2) is 75.6 Å². The van der Waals surface area contributed by atoms with Gasteiger partial charge >= 0.3 is 0 Å². The van der Waals surface area contributed by atoms with Gasteiger partial charge in [-0.05, 0) is 64.3 Å². The summed E-state index contributed by atoms with van der Waals surface area (Å²) in [4.78, 5) is 30.9. The Hall–Kier alpha value is -3.24. The number of amides is 2. The molecule has 3 fully saturated rings. The summed E-state index contributed by atoms with van der Waals surface area (Å²) in [6, 6.07) is 17.7. The van der Waals surface area contributed by atoms with Gasteiger partial charge in [0.1, 0.15) is 12.6 Å². The number of carbonyl (C=O) groups is 2. The maximum atomic E-state index is 13.9. The van der Waals surface area contributed by atoms with Gasteiger partial charge in [0.15, 0.2) is 6.23 Å². The molecule has 0 spiro atoms. The Morgan fingerprint density at radius 2 is 1.83 bits per heavy atom. The minimum atomic E-state index is -0.673. The molecule has 3 aliphatic rings. The molecule has 0 bridgehead atoms. The Morgan fingerprint density at radius 1 is 1.10 bits per heavy atom. The van der Waals surface area contributed by atoms with Crippen molar-refractivity contribution in [3.05, 3.63) is 66.4 Å². The molecule has 3 aromatic rings. The molecular formula is C32H40N4O5. The van der Waals surface area contributed by atoms with Crippen molar-refractivity contribution in [2.45, 2.75) is 83.4 Å². The van der Waals surface area contributed by atoms with Crippen molar-refractivity contribution in [3.63, 3.8) is 0 Å². The summed E-state index contributed by atoms with van der Waals surface area (Å²) in [6.07, 6.45) is 3.25.